The molecule has 1 aromatic heterocycles. The number of aliphatic imine (C=N–C) groups is 1. The Morgan fingerprint density at radius 2 is 2.00 bits per heavy atom. The van der Waals surface area contributed by atoms with E-state index in [9.17, 15) is 4.79 Å². The third-order valence-electron chi connectivity index (χ3n) is 3.80. The van der Waals surface area contributed by atoms with Gasteiger partial charge in [-0.3, -0.25) is 4.99 Å². The second kappa shape index (κ2) is 11.0. The lowest BCUT2D eigenvalue weighted by molar-refractivity contribution is 0.0914. The van der Waals surface area contributed by atoms with E-state index >= 15 is 0 Å². The largest absolute Gasteiger partial charge is 0.481 e. The van der Waals surface area contributed by atoms with Gasteiger partial charge in [0.05, 0.1) is 13.7 Å². The van der Waals surface area contributed by atoms with Crippen molar-refractivity contribution < 1.29 is 14.3 Å². The normalized spacial score (nSPS) is 14.6. The Kier molecular flexibility index (Phi) is 9.32. The van der Waals surface area contributed by atoms with Crippen molar-refractivity contribution in [1.82, 2.24) is 20.1 Å². The summed E-state index contributed by atoms with van der Waals surface area (Å²) < 4.78 is 10.3. The lowest BCUT2D eigenvalue weighted by atomic mass is 10.2. The van der Waals surface area contributed by atoms with Crippen LogP contribution in [0.2, 0.25) is 0 Å². The molecule has 0 saturated carbocycles. The zero-order chi connectivity index (χ0) is 17.4. The van der Waals surface area contributed by atoms with Gasteiger partial charge in [-0.2, -0.15) is 0 Å². The second-order valence-electron chi connectivity index (χ2n) is 5.25. The quantitative estimate of drug-likeness (QED) is 0.415. The number of halogens is 1. The molecule has 2 rings (SSSR count). The minimum Gasteiger partial charge on any atom is -0.481 e. The highest BCUT2D eigenvalue weighted by atomic mass is 127. The van der Waals surface area contributed by atoms with Crippen LogP contribution in [0, 0.1) is 0 Å². The van der Waals surface area contributed by atoms with Crippen LogP contribution in [0.4, 0.5) is 4.79 Å². The third kappa shape index (κ3) is 5.91. The molecule has 1 amide bonds. The number of amides is 1. The number of guanidine groups is 1. The molecule has 8 nitrogen and oxygen atoms in total. The number of pyridine rings is 1. The van der Waals surface area contributed by atoms with Crippen LogP contribution < -0.4 is 10.1 Å². The van der Waals surface area contributed by atoms with Crippen LogP contribution in [-0.2, 0) is 11.3 Å². The zero-order valence-corrected chi connectivity index (χ0v) is 17.2. The van der Waals surface area contributed by atoms with E-state index in [1.165, 1.54) is 0 Å². The van der Waals surface area contributed by atoms with E-state index in [1.54, 1.807) is 25.3 Å². The van der Waals surface area contributed by atoms with Crippen LogP contribution >= 0.6 is 24.0 Å². The minimum atomic E-state index is -0.250. The number of carbonyl (C=O) groups excluding carboxylic acids is 1. The Morgan fingerprint density at radius 3 is 2.60 bits per heavy atom. The van der Waals surface area contributed by atoms with E-state index < -0.39 is 0 Å². The number of hydrogen-bond acceptors (Lipinski definition) is 5. The van der Waals surface area contributed by atoms with Crippen molar-refractivity contribution in [1.29, 1.82) is 0 Å². The maximum atomic E-state index is 11.7. The molecule has 0 atom stereocenters. The zero-order valence-electron chi connectivity index (χ0n) is 14.9. The van der Waals surface area contributed by atoms with Crippen LogP contribution in [0.25, 0.3) is 0 Å². The highest BCUT2D eigenvalue weighted by Gasteiger charge is 2.23. The summed E-state index contributed by atoms with van der Waals surface area (Å²) in [6, 6.07) is 3.84. The topological polar surface area (TPSA) is 79.3 Å². The Bertz CT molecular complexity index is 577. The number of nitrogens with one attached hydrogen (secondary N) is 1. The number of carbonyl (C=O) groups is 1. The molecule has 1 fully saturated rings. The molecule has 0 aliphatic carbocycles. The van der Waals surface area contributed by atoms with Gasteiger partial charge in [0.25, 0.3) is 0 Å². The number of piperazine rings is 1. The van der Waals surface area contributed by atoms with E-state index in [1.807, 2.05) is 19.1 Å². The van der Waals surface area contributed by atoms with Crippen LogP contribution in [0.3, 0.4) is 0 Å². The van der Waals surface area contributed by atoms with Crippen LogP contribution in [0.1, 0.15) is 12.5 Å². The Morgan fingerprint density at radius 1 is 1.32 bits per heavy atom. The van der Waals surface area contributed by atoms with Crippen LogP contribution in [0.5, 0.6) is 5.88 Å². The molecule has 0 spiro atoms. The fourth-order valence-corrected chi connectivity index (χ4v) is 2.56. The summed E-state index contributed by atoms with van der Waals surface area (Å²) in [4.78, 5) is 24.1. The average Bonchev–Trinajstić information content (AvgIpc) is 2.63. The van der Waals surface area contributed by atoms with Crippen molar-refractivity contribution >= 4 is 36.0 Å². The van der Waals surface area contributed by atoms with Crippen molar-refractivity contribution in [3.05, 3.63) is 23.9 Å². The summed E-state index contributed by atoms with van der Waals surface area (Å²) >= 11 is 0. The van der Waals surface area contributed by atoms with Gasteiger partial charge in [-0.15, -0.1) is 24.0 Å². The summed E-state index contributed by atoms with van der Waals surface area (Å²) in [6.07, 6.45) is 1.45. The molecule has 1 aliphatic heterocycles. The van der Waals surface area contributed by atoms with Gasteiger partial charge in [0, 0.05) is 51.5 Å². The summed E-state index contributed by atoms with van der Waals surface area (Å²) in [5.74, 6) is 1.40. The number of hydrogen-bond donors (Lipinski definition) is 1. The first-order valence-electron chi connectivity index (χ1n) is 8.04. The summed E-state index contributed by atoms with van der Waals surface area (Å²) in [5, 5.41) is 3.32. The molecule has 140 valence electrons. The van der Waals surface area contributed by atoms with Gasteiger partial charge in [-0.1, -0.05) is 6.07 Å². The standard InChI is InChI=1S/C16H25N5O3.HI/c1-4-24-16(22)21-10-8-20(9-11-21)15(17-2)19-12-13-6-5-7-18-14(13)23-3;/h5-7H,4,8-12H2,1-3H3,(H,17,19);1H. The Hall–Kier alpha value is -1.78. The second-order valence-corrected chi connectivity index (χ2v) is 5.25. The summed E-state index contributed by atoms with van der Waals surface area (Å²) in [5.41, 5.74) is 0.964. The van der Waals surface area contributed by atoms with E-state index in [4.69, 9.17) is 9.47 Å². The van der Waals surface area contributed by atoms with E-state index in [-0.39, 0.29) is 30.1 Å². The SMILES string of the molecule is CCOC(=O)N1CCN(C(=NC)NCc2cccnc2OC)CC1.I. The molecule has 1 aliphatic rings. The molecule has 0 radical (unpaired) electrons. The molecule has 1 aromatic rings. The van der Waals surface area contributed by atoms with Gasteiger partial charge in [-0.25, -0.2) is 9.78 Å². The number of methoxy groups -OCH3 is 1. The first-order chi connectivity index (χ1) is 11.7. The van der Waals surface area contributed by atoms with Gasteiger partial charge in [-0.05, 0) is 13.0 Å². The molecule has 0 bridgehead atoms. The van der Waals surface area contributed by atoms with Crippen molar-refractivity contribution in [3.8, 4) is 5.88 Å². The Labute approximate surface area is 165 Å². The van der Waals surface area contributed by atoms with Crippen molar-refractivity contribution in [3.63, 3.8) is 0 Å². The number of nitrogens with zero attached hydrogens (tertiary/aromatic N) is 4. The Balaban J connectivity index is 0.00000312. The minimum absolute atomic E-state index is 0. The molecule has 1 saturated heterocycles. The number of rotatable bonds is 4. The average molecular weight is 463 g/mol. The monoisotopic (exact) mass is 463 g/mol. The van der Waals surface area contributed by atoms with E-state index in [0.717, 1.165) is 11.5 Å². The highest BCUT2D eigenvalue weighted by Crippen LogP contribution is 2.13. The van der Waals surface area contributed by atoms with Gasteiger partial charge < -0.3 is 24.6 Å². The highest BCUT2D eigenvalue weighted by molar-refractivity contribution is 14.0. The van der Waals surface area contributed by atoms with Crippen molar-refractivity contribution in [2.45, 2.75) is 13.5 Å². The lowest BCUT2D eigenvalue weighted by Crippen LogP contribution is -2.53. The molecule has 2 heterocycles. The van der Waals surface area contributed by atoms with Gasteiger partial charge in [0.15, 0.2) is 5.96 Å². The van der Waals surface area contributed by atoms with Crippen molar-refractivity contribution in [2.24, 2.45) is 4.99 Å². The smallest absolute Gasteiger partial charge is 0.409 e. The van der Waals surface area contributed by atoms with Gasteiger partial charge in [0.2, 0.25) is 5.88 Å². The predicted octanol–water partition coefficient (Wildman–Crippen LogP) is 1.56. The number of ether oxygens (including phenoxy) is 2. The van der Waals surface area contributed by atoms with E-state index in [0.29, 0.717) is 45.2 Å². The lowest BCUT2D eigenvalue weighted by Gasteiger charge is -2.35. The molecule has 0 aromatic carbocycles. The predicted molar refractivity (Wildman–Crippen MR) is 107 cm³/mol. The van der Waals surface area contributed by atoms with Crippen LogP contribution in [-0.4, -0.2) is 73.8 Å². The maximum Gasteiger partial charge on any atom is 0.409 e. The fourth-order valence-electron chi connectivity index (χ4n) is 2.56. The maximum absolute atomic E-state index is 11.7. The van der Waals surface area contributed by atoms with Crippen molar-refractivity contribution in [2.75, 3.05) is 46.9 Å². The van der Waals surface area contributed by atoms with Gasteiger partial charge >= 0.3 is 6.09 Å². The van der Waals surface area contributed by atoms with Crippen LogP contribution in [0.15, 0.2) is 23.3 Å². The summed E-state index contributed by atoms with van der Waals surface area (Å²) in [7, 11) is 3.36. The third-order valence-corrected chi connectivity index (χ3v) is 3.80. The summed E-state index contributed by atoms with van der Waals surface area (Å²) in [6.45, 7) is 5.44. The molecule has 1 N–H and O–H groups in total. The first-order valence-corrected chi connectivity index (χ1v) is 8.04. The molecule has 25 heavy (non-hydrogen) atoms. The fraction of sp³-hybridized carbons (Fsp3) is 0.562. The molecule has 9 heteroatoms. The first kappa shape index (κ1) is 21.3. The molecular formula is C16H26IN5O3. The molecule has 0 unspecified atom stereocenters. The molecular weight excluding hydrogens is 437 g/mol. The van der Waals surface area contributed by atoms with E-state index in [2.05, 4.69) is 20.2 Å². The number of aromatic nitrogens is 1. The van der Waals surface area contributed by atoms with Gasteiger partial charge in [0.1, 0.15) is 0 Å².